The quantitative estimate of drug-likeness (QED) is 0.524. The third-order valence-corrected chi connectivity index (χ3v) is 6.03. The van der Waals surface area contributed by atoms with Gasteiger partial charge in [0, 0.05) is 43.1 Å². The normalized spacial score (nSPS) is 16.6. The van der Waals surface area contributed by atoms with Gasteiger partial charge in [-0.3, -0.25) is 9.78 Å². The van der Waals surface area contributed by atoms with Crippen LogP contribution in [-0.2, 0) is 22.4 Å². The van der Waals surface area contributed by atoms with Gasteiger partial charge in [0.05, 0.1) is 38.8 Å². The molecule has 1 amide bonds. The number of hydrogen-bond donors (Lipinski definition) is 1. The van der Waals surface area contributed by atoms with E-state index in [9.17, 15) is 4.79 Å². The van der Waals surface area contributed by atoms with Crippen molar-refractivity contribution in [2.45, 2.75) is 31.8 Å². The number of aromatic nitrogens is 4. The van der Waals surface area contributed by atoms with Crippen LogP contribution in [0.2, 0.25) is 0 Å². The Morgan fingerprint density at radius 1 is 1.23 bits per heavy atom. The zero-order valence-corrected chi connectivity index (χ0v) is 19.9. The average molecular weight is 477 g/mol. The largest absolute Gasteiger partial charge is 0.488 e. The molecule has 4 heterocycles. The summed E-state index contributed by atoms with van der Waals surface area (Å²) in [7, 11) is 3.41. The number of likely N-dealkylation sites (N-methyl/N-ethyl adjacent to an activating group) is 1. The van der Waals surface area contributed by atoms with Gasteiger partial charge < -0.3 is 24.4 Å². The minimum Gasteiger partial charge on any atom is -0.488 e. The molecule has 0 radical (unpaired) electrons. The second-order valence-electron chi connectivity index (χ2n) is 8.62. The van der Waals surface area contributed by atoms with Crippen LogP contribution in [0, 0.1) is 0 Å². The molecule has 0 bridgehead atoms. The second-order valence-corrected chi connectivity index (χ2v) is 8.62. The fraction of sp³-hybridized carbons (Fsp3) is 0.400. The summed E-state index contributed by atoms with van der Waals surface area (Å²) < 4.78 is 16.5. The molecule has 1 atom stereocenters. The lowest BCUT2D eigenvalue weighted by Crippen LogP contribution is -2.31. The van der Waals surface area contributed by atoms with Crippen molar-refractivity contribution in [3.05, 3.63) is 47.9 Å². The average Bonchev–Trinajstić information content (AvgIpc) is 3.56. The number of fused-ring (bicyclic) bond motifs is 1. The maximum atomic E-state index is 12.7. The van der Waals surface area contributed by atoms with Crippen molar-refractivity contribution < 1.29 is 19.0 Å². The highest BCUT2D eigenvalue weighted by atomic mass is 16.5. The van der Waals surface area contributed by atoms with Gasteiger partial charge in [0.1, 0.15) is 23.4 Å². The van der Waals surface area contributed by atoms with Crippen LogP contribution >= 0.6 is 0 Å². The molecule has 1 aliphatic carbocycles. The first-order valence-corrected chi connectivity index (χ1v) is 11.7. The molecule has 3 aromatic heterocycles. The molecule has 0 unspecified atom stereocenters. The molecule has 10 heteroatoms. The summed E-state index contributed by atoms with van der Waals surface area (Å²) in [4.78, 5) is 32.8. The molecular formula is C25H28N6O4. The molecule has 1 aliphatic heterocycles. The maximum absolute atomic E-state index is 12.7. The molecule has 0 saturated carbocycles. The number of carbonyl (C=O) groups excluding carboxylic acids is 1. The van der Waals surface area contributed by atoms with E-state index in [1.165, 1.54) is 0 Å². The number of rotatable bonds is 8. The Kier molecular flexibility index (Phi) is 6.71. The van der Waals surface area contributed by atoms with Crippen molar-refractivity contribution in [2.75, 3.05) is 44.1 Å². The van der Waals surface area contributed by atoms with Crippen LogP contribution in [0.25, 0.3) is 11.5 Å². The van der Waals surface area contributed by atoms with Crippen LogP contribution in [0.15, 0.2) is 36.7 Å². The van der Waals surface area contributed by atoms with Crippen molar-refractivity contribution in [3.63, 3.8) is 0 Å². The van der Waals surface area contributed by atoms with E-state index in [0.29, 0.717) is 29.7 Å². The van der Waals surface area contributed by atoms with Gasteiger partial charge in [-0.15, -0.1) is 0 Å². The number of nitrogens with zero attached hydrogens (tertiary/aromatic N) is 5. The van der Waals surface area contributed by atoms with Gasteiger partial charge in [0.15, 0.2) is 5.82 Å². The summed E-state index contributed by atoms with van der Waals surface area (Å²) in [6.07, 6.45) is 6.97. The summed E-state index contributed by atoms with van der Waals surface area (Å²) in [6.45, 7) is 1.44. The predicted octanol–water partition coefficient (Wildman–Crippen LogP) is 2.67. The molecule has 1 saturated heterocycles. The predicted molar refractivity (Wildman–Crippen MR) is 130 cm³/mol. The van der Waals surface area contributed by atoms with Crippen LogP contribution < -0.4 is 19.7 Å². The SMILES string of the molecule is COc1ccc(NC(=O)CN(C)c2nc(-c3cc(O[C@H]4CCOC4)ccn3)nc3c2CCC3)cn1. The Morgan fingerprint density at radius 2 is 2.14 bits per heavy atom. The molecule has 2 aliphatic rings. The summed E-state index contributed by atoms with van der Waals surface area (Å²) in [6, 6.07) is 7.15. The standard InChI is InChI=1S/C25H28N6O4/c1-31(14-22(32)28-16-6-7-23(33-2)27-13-16)25-19-4-3-5-20(19)29-24(30-25)21-12-17(8-10-26-21)35-18-9-11-34-15-18/h6-8,10,12-13,18H,3-5,9,11,14-15H2,1-2H3,(H,28,32)/t18-/m0/s1. The number of methoxy groups -OCH3 is 1. The molecule has 3 aromatic rings. The monoisotopic (exact) mass is 476 g/mol. The first-order chi connectivity index (χ1) is 17.1. The Balaban J connectivity index is 1.34. The summed E-state index contributed by atoms with van der Waals surface area (Å²) >= 11 is 0. The van der Waals surface area contributed by atoms with Gasteiger partial charge in [-0.1, -0.05) is 0 Å². The van der Waals surface area contributed by atoms with Gasteiger partial charge in [0.25, 0.3) is 0 Å². The summed E-state index contributed by atoms with van der Waals surface area (Å²) in [5, 5.41) is 2.87. The molecular weight excluding hydrogens is 448 g/mol. The van der Waals surface area contributed by atoms with Gasteiger partial charge >= 0.3 is 0 Å². The number of anilines is 2. The van der Waals surface area contributed by atoms with Crippen LogP contribution in [-0.4, -0.2) is 65.9 Å². The van der Waals surface area contributed by atoms with E-state index in [2.05, 4.69) is 15.3 Å². The first kappa shape index (κ1) is 23.0. The van der Waals surface area contributed by atoms with E-state index in [4.69, 9.17) is 24.2 Å². The van der Waals surface area contributed by atoms with E-state index in [-0.39, 0.29) is 18.6 Å². The second kappa shape index (κ2) is 10.2. The summed E-state index contributed by atoms with van der Waals surface area (Å²) in [5.74, 6) is 2.32. The Morgan fingerprint density at radius 3 is 2.91 bits per heavy atom. The third-order valence-electron chi connectivity index (χ3n) is 6.03. The van der Waals surface area contributed by atoms with Crippen LogP contribution in [0.5, 0.6) is 11.6 Å². The van der Waals surface area contributed by atoms with E-state index >= 15 is 0 Å². The van der Waals surface area contributed by atoms with E-state index in [1.807, 2.05) is 24.1 Å². The number of carbonyl (C=O) groups is 1. The third kappa shape index (κ3) is 5.32. The van der Waals surface area contributed by atoms with Crippen LogP contribution in [0.1, 0.15) is 24.1 Å². The van der Waals surface area contributed by atoms with Crippen molar-refractivity contribution in [2.24, 2.45) is 0 Å². The molecule has 1 fully saturated rings. The molecule has 0 aromatic carbocycles. The van der Waals surface area contributed by atoms with Crippen LogP contribution in [0.3, 0.4) is 0 Å². The molecule has 182 valence electrons. The van der Waals surface area contributed by atoms with Crippen molar-refractivity contribution in [3.8, 4) is 23.1 Å². The number of hydrogen-bond acceptors (Lipinski definition) is 9. The summed E-state index contributed by atoms with van der Waals surface area (Å²) in [5.41, 5.74) is 3.34. The van der Waals surface area contributed by atoms with E-state index in [1.54, 1.807) is 31.6 Å². The highest BCUT2D eigenvalue weighted by Gasteiger charge is 2.24. The van der Waals surface area contributed by atoms with Gasteiger partial charge in [-0.25, -0.2) is 15.0 Å². The fourth-order valence-electron chi connectivity index (χ4n) is 4.31. The number of nitrogens with one attached hydrogen (secondary N) is 1. The van der Waals surface area contributed by atoms with Crippen molar-refractivity contribution >= 4 is 17.4 Å². The Bertz CT molecular complexity index is 1200. The van der Waals surface area contributed by atoms with Gasteiger partial charge in [-0.05, 0) is 31.4 Å². The number of amides is 1. The molecule has 5 rings (SSSR count). The van der Waals surface area contributed by atoms with Crippen LogP contribution in [0.4, 0.5) is 11.5 Å². The van der Waals surface area contributed by atoms with E-state index in [0.717, 1.165) is 55.1 Å². The minimum absolute atomic E-state index is 0.0484. The Hall–Kier alpha value is -3.79. The molecule has 35 heavy (non-hydrogen) atoms. The Labute approximate surface area is 203 Å². The molecule has 1 N–H and O–H groups in total. The molecule has 0 spiro atoms. The maximum Gasteiger partial charge on any atom is 0.243 e. The minimum atomic E-state index is -0.168. The zero-order chi connectivity index (χ0) is 24.2. The number of ether oxygens (including phenoxy) is 3. The smallest absolute Gasteiger partial charge is 0.243 e. The topological polar surface area (TPSA) is 112 Å². The number of pyridine rings is 2. The fourth-order valence-corrected chi connectivity index (χ4v) is 4.31. The van der Waals surface area contributed by atoms with Gasteiger partial charge in [-0.2, -0.15) is 0 Å². The lowest BCUT2D eigenvalue weighted by Gasteiger charge is -2.21. The highest BCUT2D eigenvalue weighted by Crippen LogP contribution is 2.31. The lowest BCUT2D eigenvalue weighted by molar-refractivity contribution is -0.114. The van der Waals surface area contributed by atoms with Gasteiger partial charge in [0.2, 0.25) is 11.8 Å². The molecule has 10 nitrogen and oxygen atoms in total. The number of aryl methyl sites for hydroxylation is 1. The first-order valence-electron chi connectivity index (χ1n) is 11.7. The van der Waals surface area contributed by atoms with E-state index < -0.39 is 0 Å². The lowest BCUT2D eigenvalue weighted by atomic mass is 10.2. The zero-order valence-electron chi connectivity index (χ0n) is 19.9. The van der Waals surface area contributed by atoms with Crippen molar-refractivity contribution in [1.82, 2.24) is 19.9 Å². The highest BCUT2D eigenvalue weighted by molar-refractivity contribution is 5.93. The van der Waals surface area contributed by atoms with Crippen molar-refractivity contribution in [1.29, 1.82) is 0 Å².